The standard InChI is InChI=1S/C10H21N2O6PS2/c1-5-6-16-9(21-19(20,14-3)15-4)7-12-18-8-17-10(13)11-2/h7,9H,5-6,8H2,1-4H3,(H,11,13). The molecule has 0 spiro atoms. The van der Waals surface area contributed by atoms with E-state index >= 15 is 0 Å². The van der Waals surface area contributed by atoms with Gasteiger partial charge in [0.2, 0.25) is 5.69 Å². The maximum absolute atomic E-state index is 10.8. The van der Waals surface area contributed by atoms with Gasteiger partial charge in [0, 0.05) is 27.9 Å². The predicted molar refractivity (Wildman–Crippen MR) is 85.9 cm³/mol. The summed E-state index contributed by atoms with van der Waals surface area (Å²) < 4.78 is 20.5. The van der Waals surface area contributed by atoms with Gasteiger partial charge in [-0.25, -0.2) is 4.79 Å². The molecular weight excluding hydrogens is 339 g/mol. The highest BCUT2D eigenvalue weighted by molar-refractivity contribution is 8.68. The van der Waals surface area contributed by atoms with E-state index < -0.39 is 17.2 Å². The molecule has 1 atom stereocenters. The Morgan fingerprint density at radius 2 is 2.14 bits per heavy atom. The molecule has 8 nitrogen and oxygen atoms in total. The molecule has 21 heavy (non-hydrogen) atoms. The van der Waals surface area contributed by atoms with E-state index in [4.69, 9.17) is 30.4 Å². The van der Waals surface area contributed by atoms with Gasteiger partial charge in [0.05, 0.1) is 6.21 Å². The summed E-state index contributed by atoms with van der Waals surface area (Å²) in [6.45, 7) is 2.21. The van der Waals surface area contributed by atoms with Crippen LogP contribution in [-0.4, -0.2) is 52.4 Å². The van der Waals surface area contributed by atoms with E-state index in [2.05, 4.69) is 15.2 Å². The van der Waals surface area contributed by atoms with Crippen molar-refractivity contribution in [3.8, 4) is 0 Å². The molecule has 0 radical (unpaired) electrons. The van der Waals surface area contributed by atoms with Crippen LogP contribution in [0.15, 0.2) is 5.16 Å². The topological polar surface area (TPSA) is 87.6 Å². The van der Waals surface area contributed by atoms with Crippen molar-refractivity contribution in [1.82, 2.24) is 5.32 Å². The Kier molecular flexibility index (Phi) is 12.0. The first-order chi connectivity index (χ1) is 10.0. The maximum atomic E-state index is 10.8. The fourth-order valence-electron chi connectivity index (χ4n) is 0.898. The Balaban J connectivity index is 4.34. The first kappa shape index (κ1) is 20.6. The van der Waals surface area contributed by atoms with E-state index in [-0.39, 0.29) is 6.79 Å². The van der Waals surface area contributed by atoms with E-state index in [0.717, 1.165) is 6.42 Å². The van der Waals surface area contributed by atoms with E-state index in [1.165, 1.54) is 38.9 Å². The van der Waals surface area contributed by atoms with E-state index in [1.807, 2.05) is 6.92 Å². The van der Waals surface area contributed by atoms with Crippen molar-refractivity contribution in [3.63, 3.8) is 0 Å². The third-order valence-corrected chi connectivity index (χ3v) is 7.45. The SMILES string of the molecule is CCCOC(C=NOCOC(=O)NC)SP(=S)(OC)OC. The third kappa shape index (κ3) is 10.0. The molecule has 0 saturated carbocycles. The molecule has 1 unspecified atom stereocenters. The normalized spacial score (nSPS) is 13.1. The van der Waals surface area contributed by atoms with Gasteiger partial charge in [-0.15, -0.1) is 0 Å². The highest BCUT2D eigenvalue weighted by Gasteiger charge is 2.23. The molecule has 0 heterocycles. The Morgan fingerprint density at radius 3 is 2.67 bits per heavy atom. The summed E-state index contributed by atoms with van der Waals surface area (Å²) in [5.74, 6) is 0. The smallest absolute Gasteiger partial charge is 0.409 e. The number of hydrogen-bond acceptors (Lipinski definition) is 9. The summed E-state index contributed by atoms with van der Waals surface area (Å²) in [4.78, 5) is 15.6. The molecule has 0 fully saturated rings. The van der Waals surface area contributed by atoms with E-state index in [9.17, 15) is 4.79 Å². The lowest BCUT2D eigenvalue weighted by Gasteiger charge is -2.20. The molecule has 1 N–H and O–H groups in total. The molecule has 0 rings (SSSR count). The summed E-state index contributed by atoms with van der Waals surface area (Å²) in [6.07, 6.45) is 1.65. The lowest BCUT2D eigenvalue weighted by molar-refractivity contribution is -0.0123. The van der Waals surface area contributed by atoms with Crippen LogP contribution in [0.1, 0.15) is 13.3 Å². The van der Waals surface area contributed by atoms with Gasteiger partial charge >= 0.3 is 6.09 Å². The van der Waals surface area contributed by atoms with Crippen LogP contribution < -0.4 is 5.32 Å². The number of amides is 1. The van der Waals surface area contributed by atoms with Crippen LogP contribution in [0.4, 0.5) is 4.79 Å². The maximum Gasteiger partial charge on any atom is 0.409 e. The molecule has 0 bridgehead atoms. The highest BCUT2D eigenvalue weighted by atomic mass is 32.9. The fourth-order valence-corrected chi connectivity index (χ4v) is 4.12. The zero-order valence-electron chi connectivity index (χ0n) is 12.4. The van der Waals surface area contributed by atoms with Gasteiger partial charge in [-0.05, 0) is 29.6 Å². The first-order valence-corrected chi connectivity index (χ1v) is 10.1. The quantitative estimate of drug-likeness (QED) is 0.197. The molecule has 124 valence electrons. The van der Waals surface area contributed by atoms with Gasteiger partial charge in [-0.3, -0.25) is 0 Å². The first-order valence-electron chi connectivity index (χ1n) is 6.02. The highest BCUT2D eigenvalue weighted by Crippen LogP contribution is 2.61. The zero-order chi connectivity index (χ0) is 16.1. The number of nitrogens with one attached hydrogen (secondary N) is 1. The summed E-state index contributed by atoms with van der Waals surface area (Å²) in [5, 5.41) is 5.94. The summed E-state index contributed by atoms with van der Waals surface area (Å²) in [7, 11) is 4.41. The molecule has 0 saturated heterocycles. The minimum absolute atomic E-state index is 0.302. The third-order valence-electron chi connectivity index (χ3n) is 1.87. The average Bonchev–Trinajstić information content (AvgIpc) is 2.51. The number of ether oxygens (including phenoxy) is 2. The van der Waals surface area contributed by atoms with Crippen molar-refractivity contribution in [3.05, 3.63) is 0 Å². The number of alkyl carbamates (subject to hydrolysis) is 1. The number of hydrogen-bond donors (Lipinski definition) is 1. The molecule has 0 aromatic rings. The number of carbonyl (C=O) groups is 1. The molecule has 0 aliphatic heterocycles. The average molecular weight is 360 g/mol. The lowest BCUT2D eigenvalue weighted by atomic mass is 10.5. The largest absolute Gasteiger partial charge is 0.410 e. The van der Waals surface area contributed by atoms with Crippen LogP contribution in [0.2, 0.25) is 0 Å². The molecule has 0 aromatic carbocycles. The van der Waals surface area contributed by atoms with Gasteiger partial charge in [0.1, 0.15) is 0 Å². The van der Waals surface area contributed by atoms with Crippen molar-refractivity contribution < 1.29 is 28.2 Å². The molecule has 1 amide bonds. The fraction of sp³-hybridized carbons (Fsp3) is 0.800. The number of oxime groups is 1. The van der Waals surface area contributed by atoms with Gasteiger partial charge in [-0.2, -0.15) is 0 Å². The van der Waals surface area contributed by atoms with Crippen LogP contribution in [0.3, 0.4) is 0 Å². The summed E-state index contributed by atoms with van der Waals surface area (Å²) in [6, 6.07) is 0. The Labute approximate surface area is 133 Å². The van der Waals surface area contributed by atoms with Crippen LogP contribution >= 0.6 is 17.1 Å². The monoisotopic (exact) mass is 360 g/mol. The predicted octanol–water partition coefficient (Wildman–Crippen LogP) is 2.31. The summed E-state index contributed by atoms with van der Waals surface area (Å²) >= 11 is 6.46. The minimum atomic E-state index is -2.47. The summed E-state index contributed by atoms with van der Waals surface area (Å²) in [5.41, 5.74) is -2.95. The minimum Gasteiger partial charge on any atom is -0.410 e. The van der Waals surface area contributed by atoms with Gasteiger partial charge in [-0.1, -0.05) is 12.1 Å². The van der Waals surface area contributed by atoms with E-state index in [1.54, 1.807) is 0 Å². The van der Waals surface area contributed by atoms with Crippen LogP contribution in [0, 0.1) is 0 Å². The van der Waals surface area contributed by atoms with Crippen LogP contribution in [-0.2, 0) is 35.2 Å². The van der Waals surface area contributed by atoms with Crippen molar-refractivity contribution in [1.29, 1.82) is 0 Å². The van der Waals surface area contributed by atoms with Crippen molar-refractivity contribution in [2.75, 3.05) is 34.7 Å². The lowest BCUT2D eigenvalue weighted by Crippen LogP contribution is -2.20. The number of rotatable bonds is 11. The van der Waals surface area contributed by atoms with Crippen molar-refractivity contribution in [2.24, 2.45) is 5.16 Å². The second-order valence-electron chi connectivity index (χ2n) is 3.34. The Hall–Kier alpha value is -0.380. The van der Waals surface area contributed by atoms with Crippen LogP contribution in [0.25, 0.3) is 0 Å². The molecule has 11 heteroatoms. The number of carbonyl (C=O) groups excluding carboxylic acids is 1. The second kappa shape index (κ2) is 12.2. The molecule has 0 aromatic heterocycles. The van der Waals surface area contributed by atoms with Crippen molar-refractivity contribution in [2.45, 2.75) is 18.8 Å². The van der Waals surface area contributed by atoms with E-state index in [0.29, 0.717) is 6.61 Å². The molecule has 0 aliphatic rings. The molecule has 0 aliphatic carbocycles. The van der Waals surface area contributed by atoms with Gasteiger partial charge < -0.3 is 28.7 Å². The zero-order valence-corrected chi connectivity index (χ0v) is 15.0. The number of nitrogens with zero attached hydrogens (tertiary/aromatic N) is 1. The van der Waals surface area contributed by atoms with Crippen LogP contribution in [0.5, 0.6) is 0 Å². The second-order valence-corrected chi connectivity index (χ2v) is 9.85. The molecular formula is C10H21N2O6PS2. The Morgan fingerprint density at radius 1 is 1.48 bits per heavy atom. The Bertz CT molecular complexity index is 363. The van der Waals surface area contributed by atoms with Crippen molar-refractivity contribution >= 4 is 41.2 Å². The van der Waals surface area contributed by atoms with Gasteiger partial charge in [0.25, 0.3) is 6.79 Å². The van der Waals surface area contributed by atoms with Gasteiger partial charge in [0.15, 0.2) is 5.44 Å².